The summed E-state index contributed by atoms with van der Waals surface area (Å²) in [5.41, 5.74) is 0.595. The lowest BCUT2D eigenvalue weighted by molar-refractivity contribution is -0.274. The molecular formula is C23H34F3N3O4. The van der Waals surface area contributed by atoms with Gasteiger partial charge >= 0.3 is 6.36 Å². The van der Waals surface area contributed by atoms with E-state index in [4.69, 9.17) is 4.74 Å². The number of carbonyl (C=O) groups excluding carboxylic acids is 2. The minimum absolute atomic E-state index is 0.191. The lowest BCUT2D eigenvalue weighted by Crippen LogP contribution is -2.51. The van der Waals surface area contributed by atoms with E-state index in [1.807, 2.05) is 6.92 Å². The normalized spacial score (nSPS) is 16.5. The lowest BCUT2D eigenvalue weighted by atomic mass is 9.84. The fraction of sp³-hybridized carbons (Fsp3) is 0.652. The molecule has 7 nitrogen and oxygen atoms in total. The first-order valence-electron chi connectivity index (χ1n) is 11.3. The van der Waals surface area contributed by atoms with Crippen molar-refractivity contribution < 1.29 is 32.2 Å². The molecule has 3 N–H and O–H groups in total. The van der Waals surface area contributed by atoms with Gasteiger partial charge in [-0.05, 0) is 43.5 Å². The zero-order valence-corrected chi connectivity index (χ0v) is 19.2. The highest BCUT2D eigenvalue weighted by Gasteiger charge is 2.31. The molecule has 0 saturated heterocycles. The number of benzene rings is 1. The quantitative estimate of drug-likeness (QED) is 0.427. The van der Waals surface area contributed by atoms with Crippen LogP contribution < -0.4 is 20.7 Å². The van der Waals surface area contributed by atoms with Gasteiger partial charge in [0.15, 0.2) is 0 Å². The Bertz CT molecular complexity index is 737. The van der Waals surface area contributed by atoms with Crippen LogP contribution in [0.4, 0.5) is 18.9 Å². The number of hydrogen-bond donors (Lipinski definition) is 3. The maximum Gasteiger partial charge on any atom is 0.573 e. The van der Waals surface area contributed by atoms with Crippen molar-refractivity contribution in [2.45, 2.75) is 70.3 Å². The molecule has 0 heterocycles. The van der Waals surface area contributed by atoms with Gasteiger partial charge in [0.1, 0.15) is 11.8 Å². The number of amides is 2. The van der Waals surface area contributed by atoms with E-state index in [1.165, 1.54) is 37.8 Å². The standard InChI is InChI=1S/C23H34F3N3O4/c1-16(15-27-18-8-10-19(11-9-18)33-23(24,25)26)28-22(31)20(29-21(30)12-13-32-2)14-17-6-4-3-5-7-17/h8-11,16-17,20,27H,3-7,12-15H2,1-2H3,(H,28,31)(H,29,30)/t16-,20-/m0/s1. The Morgan fingerprint density at radius 3 is 2.36 bits per heavy atom. The van der Waals surface area contributed by atoms with Crippen LogP contribution in [-0.4, -0.2) is 50.5 Å². The third kappa shape index (κ3) is 10.8. The smallest absolute Gasteiger partial charge is 0.406 e. The van der Waals surface area contributed by atoms with Gasteiger partial charge in [0.05, 0.1) is 6.61 Å². The molecule has 2 amide bonds. The molecule has 2 rings (SSSR count). The van der Waals surface area contributed by atoms with Crippen LogP contribution in [0.2, 0.25) is 0 Å². The van der Waals surface area contributed by atoms with E-state index >= 15 is 0 Å². The van der Waals surface area contributed by atoms with Crippen molar-refractivity contribution in [2.24, 2.45) is 5.92 Å². The molecule has 0 unspecified atom stereocenters. The number of ether oxygens (including phenoxy) is 2. The molecule has 0 bridgehead atoms. The van der Waals surface area contributed by atoms with Gasteiger partial charge in [-0.15, -0.1) is 13.2 Å². The third-order valence-corrected chi connectivity index (χ3v) is 5.57. The summed E-state index contributed by atoms with van der Waals surface area (Å²) >= 11 is 0. The number of rotatable bonds is 12. The van der Waals surface area contributed by atoms with Crippen LogP contribution >= 0.6 is 0 Å². The SMILES string of the molecule is COCCC(=O)N[C@@H](CC1CCCCC1)C(=O)N[C@@H](C)CNc1ccc(OC(F)(F)F)cc1. The number of nitrogens with one attached hydrogen (secondary N) is 3. The monoisotopic (exact) mass is 473 g/mol. The fourth-order valence-electron chi connectivity index (χ4n) is 3.89. The molecule has 1 fully saturated rings. The van der Waals surface area contributed by atoms with E-state index in [2.05, 4.69) is 20.7 Å². The highest BCUT2D eigenvalue weighted by molar-refractivity contribution is 5.87. The van der Waals surface area contributed by atoms with Crippen molar-refractivity contribution in [1.82, 2.24) is 10.6 Å². The van der Waals surface area contributed by atoms with Gasteiger partial charge in [0, 0.05) is 31.8 Å². The van der Waals surface area contributed by atoms with Gasteiger partial charge in [-0.2, -0.15) is 0 Å². The second kappa shape index (κ2) is 13.3. The lowest BCUT2D eigenvalue weighted by Gasteiger charge is -2.27. The summed E-state index contributed by atoms with van der Waals surface area (Å²) in [6, 6.07) is 4.49. The maximum atomic E-state index is 12.9. The van der Waals surface area contributed by atoms with E-state index < -0.39 is 12.4 Å². The Balaban J connectivity index is 1.86. The average Bonchev–Trinajstić information content (AvgIpc) is 2.76. The van der Waals surface area contributed by atoms with Crippen molar-refractivity contribution in [3.05, 3.63) is 24.3 Å². The average molecular weight is 474 g/mol. The molecular weight excluding hydrogens is 439 g/mol. The third-order valence-electron chi connectivity index (χ3n) is 5.57. The summed E-state index contributed by atoms with van der Waals surface area (Å²) in [4.78, 5) is 25.1. The summed E-state index contributed by atoms with van der Waals surface area (Å²) in [6.07, 6.45) is 1.67. The summed E-state index contributed by atoms with van der Waals surface area (Å²) < 4.78 is 45.6. The van der Waals surface area contributed by atoms with Gasteiger partial charge in [0.25, 0.3) is 0 Å². The molecule has 1 aliphatic carbocycles. The number of halogens is 3. The van der Waals surface area contributed by atoms with Gasteiger partial charge in [-0.25, -0.2) is 0 Å². The minimum Gasteiger partial charge on any atom is -0.406 e. The predicted molar refractivity (Wildman–Crippen MR) is 119 cm³/mol. The molecule has 0 aliphatic heterocycles. The molecule has 0 spiro atoms. The van der Waals surface area contributed by atoms with Crippen molar-refractivity contribution in [1.29, 1.82) is 0 Å². The minimum atomic E-state index is -4.74. The molecule has 1 aliphatic rings. The van der Waals surface area contributed by atoms with Gasteiger partial charge < -0.3 is 25.4 Å². The maximum absolute atomic E-state index is 12.9. The van der Waals surface area contributed by atoms with Gasteiger partial charge in [0.2, 0.25) is 11.8 Å². The topological polar surface area (TPSA) is 88.7 Å². The summed E-state index contributed by atoms with van der Waals surface area (Å²) in [5, 5.41) is 8.84. The Morgan fingerprint density at radius 2 is 1.76 bits per heavy atom. The number of hydrogen-bond acceptors (Lipinski definition) is 5. The van der Waals surface area contributed by atoms with Crippen LogP contribution in [-0.2, 0) is 14.3 Å². The van der Waals surface area contributed by atoms with E-state index in [-0.39, 0.29) is 36.6 Å². The highest BCUT2D eigenvalue weighted by Crippen LogP contribution is 2.27. The number of carbonyl (C=O) groups is 2. The largest absolute Gasteiger partial charge is 0.573 e. The van der Waals surface area contributed by atoms with Crippen molar-refractivity contribution in [3.8, 4) is 5.75 Å². The summed E-state index contributed by atoms with van der Waals surface area (Å²) in [5.74, 6) is -0.360. The fourth-order valence-corrected chi connectivity index (χ4v) is 3.89. The molecule has 1 aromatic rings. The zero-order chi connectivity index (χ0) is 24.3. The number of methoxy groups -OCH3 is 1. The number of alkyl halides is 3. The Morgan fingerprint density at radius 1 is 1.09 bits per heavy atom. The van der Waals surface area contributed by atoms with E-state index in [9.17, 15) is 22.8 Å². The zero-order valence-electron chi connectivity index (χ0n) is 19.2. The summed E-state index contributed by atoms with van der Waals surface area (Å²) in [7, 11) is 1.52. The van der Waals surface area contributed by atoms with Crippen molar-refractivity contribution in [3.63, 3.8) is 0 Å². The molecule has 33 heavy (non-hydrogen) atoms. The molecule has 0 aromatic heterocycles. The Kier molecular flexibility index (Phi) is 10.8. The van der Waals surface area contributed by atoms with Crippen LogP contribution in [0.25, 0.3) is 0 Å². The van der Waals surface area contributed by atoms with E-state index in [0.717, 1.165) is 25.7 Å². The summed E-state index contributed by atoms with van der Waals surface area (Å²) in [6.45, 7) is 2.46. The second-order valence-electron chi connectivity index (χ2n) is 8.47. The molecule has 1 saturated carbocycles. The van der Waals surface area contributed by atoms with Gasteiger partial charge in [-0.1, -0.05) is 32.1 Å². The van der Waals surface area contributed by atoms with Crippen molar-refractivity contribution in [2.75, 3.05) is 25.6 Å². The van der Waals surface area contributed by atoms with Crippen LogP contribution in [0.3, 0.4) is 0 Å². The Labute approximate surface area is 192 Å². The highest BCUT2D eigenvalue weighted by atomic mass is 19.4. The molecule has 1 aromatic carbocycles. The second-order valence-corrected chi connectivity index (χ2v) is 8.47. The first kappa shape index (κ1) is 26.8. The molecule has 186 valence electrons. The van der Waals surface area contributed by atoms with Gasteiger partial charge in [-0.3, -0.25) is 9.59 Å². The first-order valence-corrected chi connectivity index (χ1v) is 11.3. The number of anilines is 1. The van der Waals surface area contributed by atoms with Crippen LogP contribution in [0.5, 0.6) is 5.75 Å². The molecule has 0 radical (unpaired) electrons. The van der Waals surface area contributed by atoms with E-state index in [1.54, 1.807) is 0 Å². The predicted octanol–water partition coefficient (Wildman–Crippen LogP) is 3.99. The first-order chi connectivity index (χ1) is 15.7. The molecule has 10 heteroatoms. The Hall–Kier alpha value is -2.49. The molecule has 2 atom stereocenters. The van der Waals surface area contributed by atoms with Crippen LogP contribution in [0.15, 0.2) is 24.3 Å². The van der Waals surface area contributed by atoms with Crippen LogP contribution in [0, 0.1) is 5.92 Å². The van der Waals surface area contributed by atoms with Crippen LogP contribution in [0.1, 0.15) is 51.9 Å². The van der Waals surface area contributed by atoms with E-state index in [0.29, 0.717) is 24.6 Å². The van der Waals surface area contributed by atoms with Crippen molar-refractivity contribution >= 4 is 17.5 Å².